The van der Waals surface area contributed by atoms with Crippen LogP contribution in [0.15, 0.2) is 24.3 Å². The van der Waals surface area contributed by atoms with Crippen LogP contribution in [0, 0.1) is 11.7 Å². The Balaban J connectivity index is 2.65. The van der Waals surface area contributed by atoms with Crippen molar-refractivity contribution in [3.05, 3.63) is 35.6 Å². The van der Waals surface area contributed by atoms with Gasteiger partial charge in [-0.25, -0.2) is 9.18 Å². The Bertz CT molecular complexity index is 634. The van der Waals surface area contributed by atoms with Crippen LogP contribution in [-0.4, -0.2) is 48.5 Å². The average Bonchev–Trinajstić information content (AvgIpc) is 2.63. The average molecular weight is 381 g/mol. The molecule has 0 aliphatic heterocycles. The molecular formula is C19H28FN3O4. The SMILES string of the molecule is CCOC(=O)NC(C(=O)N(CC)CC(=O)NCc1ccc(F)cc1)C(C)C. The van der Waals surface area contributed by atoms with Gasteiger partial charge in [-0.1, -0.05) is 26.0 Å². The van der Waals surface area contributed by atoms with Crippen LogP contribution in [-0.2, 0) is 20.9 Å². The smallest absolute Gasteiger partial charge is 0.407 e. The predicted molar refractivity (Wildman–Crippen MR) is 99.3 cm³/mol. The van der Waals surface area contributed by atoms with Gasteiger partial charge >= 0.3 is 6.09 Å². The maximum absolute atomic E-state index is 12.9. The van der Waals surface area contributed by atoms with Gasteiger partial charge in [0.1, 0.15) is 11.9 Å². The van der Waals surface area contributed by atoms with Gasteiger partial charge in [0.25, 0.3) is 0 Å². The highest BCUT2D eigenvalue weighted by atomic mass is 19.1. The van der Waals surface area contributed by atoms with Gasteiger partial charge in [0.15, 0.2) is 0 Å². The Hall–Kier alpha value is -2.64. The molecule has 0 saturated heterocycles. The molecule has 0 saturated carbocycles. The summed E-state index contributed by atoms with van der Waals surface area (Å²) in [4.78, 5) is 38.0. The minimum atomic E-state index is -0.783. The van der Waals surface area contributed by atoms with Crippen molar-refractivity contribution in [2.75, 3.05) is 19.7 Å². The fourth-order valence-electron chi connectivity index (χ4n) is 2.39. The zero-order chi connectivity index (χ0) is 20.4. The number of hydrogen-bond acceptors (Lipinski definition) is 4. The van der Waals surface area contributed by atoms with Crippen LogP contribution in [0.2, 0.25) is 0 Å². The molecule has 1 unspecified atom stereocenters. The molecule has 0 aliphatic carbocycles. The molecule has 7 nitrogen and oxygen atoms in total. The van der Waals surface area contributed by atoms with Crippen LogP contribution in [0.3, 0.4) is 0 Å². The van der Waals surface area contributed by atoms with Crippen LogP contribution in [0.25, 0.3) is 0 Å². The number of alkyl carbamates (subject to hydrolysis) is 1. The van der Waals surface area contributed by atoms with Crippen molar-refractivity contribution in [2.45, 2.75) is 40.3 Å². The summed E-state index contributed by atoms with van der Waals surface area (Å²) in [5, 5.41) is 5.25. The Morgan fingerprint density at radius 2 is 1.78 bits per heavy atom. The highest BCUT2D eigenvalue weighted by Gasteiger charge is 2.29. The number of ether oxygens (including phenoxy) is 1. The monoisotopic (exact) mass is 381 g/mol. The lowest BCUT2D eigenvalue weighted by atomic mass is 10.0. The number of likely N-dealkylation sites (N-methyl/N-ethyl adjacent to an activating group) is 1. The molecule has 0 heterocycles. The molecule has 2 N–H and O–H groups in total. The Morgan fingerprint density at radius 3 is 2.30 bits per heavy atom. The molecule has 0 aromatic heterocycles. The molecule has 1 aromatic rings. The lowest BCUT2D eigenvalue weighted by Crippen LogP contribution is -2.53. The number of nitrogens with one attached hydrogen (secondary N) is 2. The summed E-state index contributed by atoms with van der Waals surface area (Å²) in [6, 6.07) is 5.01. The van der Waals surface area contributed by atoms with Crippen LogP contribution >= 0.6 is 0 Å². The summed E-state index contributed by atoms with van der Waals surface area (Å²) in [5.41, 5.74) is 0.753. The minimum absolute atomic E-state index is 0.135. The van der Waals surface area contributed by atoms with Crippen molar-refractivity contribution in [3.8, 4) is 0 Å². The summed E-state index contributed by atoms with van der Waals surface area (Å²) in [6.07, 6.45) is -0.665. The number of amides is 3. The van der Waals surface area contributed by atoms with Gasteiger partial charge in [0, 0.05) is 13.1 Å². The van der Waals surface area contributed by atoms with Gasteiger partial charge in [-0.05, 0) is 37.5 Å². The molecule has 1 aromatic carbocycles. The first-order valence-corrected chi connectivity index (χ1v) is 9.01. The summed E-state index contributed by atoms with van der Waals surface area (Å²) >= 11 is 0. The Labute approximate surface area is 159 Å². The van der Waals surface area contributed by atoms with Crippen LogP contribution in [0.4, 0.5) is 9.18 Å². The number of carbonyl (C=O) groups is 3. The number of nitrogens with zero attached hydrogens (tertiary/aromatic N) is 1. The summed E-state index contributed by atoms with van der Waals surface area (Å²) in [5.74, 6) is -1.20. The first-order chi connectivity index (χ1) is 12.8. The molecule has 0 bridgehead atoms. The number of benzene rings is 1. The zero-order valence-corrected chi connectivity index (χ0v) is 16.3. The second-order valence-corrected chi connectivity index (χ2v) is 6.34. The molecular weight excluding hydrogens is 353 g/mol. The molecule has 0 spiro atoms. The third-order valence-corrected chi connectivity index (χ3v) is 3.91. The molecule has 8 heteroatoms. The van der Waals surface area contributed by atoms with E-state index in [9.17, 15) is 18.8 Å². The number of halogens is 1. The van der Waals surface area contributed by atoms with Crippen molar-refractivity contribution in [1.82, 2.24) is 15.5 Å². The maximum Gasteiger partial charge on any atom is 0.407 e. The number of rotatable bonds is 9. The van der Waals surface area contributed by atoms with Crippen molar-refractivity contribution in [3.63, 3.8) is 0 Å². The molecule has 27 heavy (non-hydrogen) atoms. The van der Waals surface area contributed by atoms with E-state index in [0.717, 1.165) is 5.56 Å². The largest absolute Gasteiger partial charge is 0.450 e. The second kappa shape index (κ2) is 11.2. The third-order valence-electron chi connectivity index (χ3n) is 3.91. The fourth-order valence-corrected chi connectivity index (χ4v) is 2.39. The molecule has 3 amide bonds. The van der Waals surface area contributed by atoms with Crippen LogP contribution in [0.5, 0.6) is 0 Å². The van der Waals surface area contributed by atoms with E-state index in [2.05, 4.69) is 10.6 Å². The summed E-state index contributed by atoms with van der Waals surface area (Å²) in [7, 11) is 0. The minimum Gasteiger partial charge on any atom is -0.450 e. The van der Waals surface area contributed by atoms with E-state index in [0.29, 0.717) is 6.54 Å². The second-order valence-electron chi connectivity index (χ2n) is 6.34. The lowest BCUT2D eigenvalue weighted by molar-refractivity contribution is -0.138. The third kappa shape index (κ3) is 7.64. The van der Waals surface area contributed by atoms with Gasteiger partial charge in [0.2, 0.25) is 11.8 Å². The maximum atomic E-state index is 12.9. The number of carbonyl (C=O) groups excluding carboxylic acids is 3. The van der Waals surface area contributed by atoms with Crippen molar-refractivity contribution in [2.24, 2.45) is 5.92 Å². The predicted octanol–water partition coefficient (Wildman–Crippen LogP) is 2.06. The van der Waals surface area contributed by atoms with E-state index in [1.165, 1.54) is 17.0 Å². The zero-order valence-electron chi connectivity index (χ0n) is 16.3. The van der Waals surface area contributed by atoms with Gasteiger partial charge in [0.05, 0.1) is 13.2 Å². The molecule has 1 rings (SSSR count). The Morgan fingerprint density at radius 1 is 1.15 bits per heavy atom. The van der Waals surface area contributed by atoms with Gasteiger partial charge < -0.3 is 20.3 Å². The topological polar surface area (TPSA) is 87.7 Å². The van der Waals surface area contributed by atoms with Gasteiger partial charge in [-0.15, -0.1) is 0 Å². The fraction of sp³-hybridized carbons (Fsp3) is 0.526. The van der Waals surface area contributed by atoms with Gasteiger partial charge in [-0.2, -0.15) is 0 Å². The highest BCUT2D eigenvalue weighted by molar-refractivity contribution is 5.89. The summed E-state index contributed by atoms with van der Waals surface area (Å²) < 4.78 is 17.7. The molecule has 0 radical (unpaired) electrons. The van der Waals surface area contributed by atoms with E-state index >= 15 is 0 Å². The molecule has 150 valence electrons. The first-order valence-electron chi connectivity index (χ1n) is 9.01. The van der Waals surface area contributed by atoms with E-state index in [4.69, 9.17) is 4.74 Å². The summed E-state index contributed by atoms with van der Waals surface area (Å²) in [6.45, 7) is 7.66. The quantitative estimate of drug-likeness (QED) is 0.685. The van der Waals surface area contributed by atoms with E-state index in [1.807, 2.05) is 0 Å². The standard InChI is InChI=1S/C19H28FN3O4/c1-5-23(18(25)17(13(3)4)22-19(26)27-6-2)12-16(24)21-11-14-7-9-15(20)10-8-14/h7-10,13,17H,5-6,11-12H2,1-4H3,(H,21,24)(H,22,26). The molecule has 0 aliphatic rings. The Kier molecular flexibility index (Phi) is 9.25. The highest BCUT2D eigenvalue weighted by Crippen LogP contribution is 2.07. The lowest BCUT2D eigenvalue weighted by Gasteiger charge is -2.28. The van der Waals surface area contributed by atoms with E-state index in [1.54, 1.807) is 39.8 Å². The van der Waals surface area contributed by atoms with E-state index < -0.39 is 12.1 Å². The first kappa shape index (κ1) is 22.4. The normalized spacial score (nSPS) is 11.6. The molecule has 0 fully saturated rings. The van der Waals surface area contributed by atoms with Crippen molar-refractivity contribution in [1.29, 1.82) is 0 Å². The van der Waals surface area contributed by atoms with Crippen molar-refractivity contribution >= 4 is 17.9 Å². The van der Waals surface area contributed by atoms with E-state index in [-0.39, 0.29) is 43.2 Å². The molecule has 1 atom stereocenters. The van der Waals surface area contributed by atoms with Crippen LogP contribution in [0.1, 0.15) is 33.3 Å². The number of hydrogen-bond donors (Lipinski definition) is 2. The van der Waals surface area contributed by atoms with Crippen LogP contribution < -0.4 is 10.6 Å². The van der Waals surface area contributed by atoms with Crippen molar-refractivity contribution < 1.29 is 23.5 Å². The van der Waals surface area contributed by atoms with Gasteiger partial charge in [-0.3, -0.25) is 9.59 Å².